The van der Waals surface area contributed by atoms with Crippen LogP contribution in [-0.2, 0) is 24.1 Å². The smallest absolute Gasteiger partial charge is 0.230 e. The number of aryl methyl sites for hydroxylation is 2. The van der Waals surface area contributed by atoms with Crippen LogP contribution in [0.15, 0.2) is 35.6 Å². The summed E-state index contributed by atoms with van der Waals surface area (Å²) in [6.45, 7) is 0.619. The minimum absolute atomic E-state index is 0.0302. The molecule has 0 aliphatic heterocycles. The predicted octanol–water partition coefficient (Wildman–Crippen LogP) is 4.28. The normalized spacial score (nSPS) is 13.1. The first kappa shape index (κ1) is 17.8. The van der Waals surface area contributed by atoms with Gasteiger partial charge in [-0.15, -0.1) is 11.3 Å². The third kappa shape index (κ3) is 3.87. The molecule has 1 N–H and O–H groups in total. The van der Waals surface area contributed by atoms with Crippen LogP contribution in [0, 0.1) is 0 Å². The van der Waals surface area contributed by atoms with Crippen molar-refractivity contribution in [1.82, 2.24) is 15.3 Å². The number of nitrogens with one attached hydrogen (secondary N) is 1. The standard InChI is InChI=1S/C19H18ClN3OS2/c20-13-6-4-12(5-7-13)8-9-21-16(24)10-25-18-17-14-2-1-3-15(14)26-19(17)23-11-22-18/h4-7,11H,1-3,8-10H2,(H,21,24). The third-order valence-electron chi connectivity index (χ3n) is 4.46. The first-order valence-corrected chi connectivity index (χ1v) is 10.8. The number of amides is 1. The molecule has 0 unspecified atom stereocenters. The summed E-state index contributed by atoms with van der Waals surface area (Å²) in [5.41, 5.74) is 2.56. The number of carbonyl (C=O) groups excluding carboxylic acids is 1. The Balaban J connectivity index is 1.33. The number of nitrogens with zero attached hydrogens (tertiary/aromatic N) is 2. The van der Waals surface area contributed by atoms with Gasteiger partial charge < -0.3 is 5.32 Å². The van der Waals surface area contributed by atoms with Gasteiger partial charge in [-0.25, -0.2) is 9.97 Å². The molecule has 0 saturated carbocycles. The Kier molecular flexibility index (Phi) is 5.43. The number of benzene rings is 1. The van der Waals surface area contributed by atoms with E-state index in [2.05, 4.69) is 15.3 Å². The number of fused-ring (bicyclic) bond motifs is 3. The molecule has 0 radical (unpaired) electrons. The molecule has 0 spiro atoms. The van der Waals surface area contributed by atoms with E-state index in [9.17, 15) is 4.79 Å². The van der Waals surface area contributed by atoms with Crippen molar-refractivity contribution in [2.45, 2.75) is 30.7 Å². The van der Waals surface area contributed by atoms with Crippen molar-refractivity contribution in [3.05, 3.63) is 51.6 Å². The predicted molar refractivity (Wildman–Crippen MR) is 108 cm³/mol. The number of rotatable bonds is 6. The van der Waals surface area contributed by atoms with Gasteiger partial charge in [0.1, 0.15) is 16.2 Å². The van der Waals surface area contributed by atoms with Gasteiger partial charge in [0.25, 0.3) is 0 Å². The summed E-state index contributed by atoms with van der Waals surface area (Å²) >= 11 is 9.16. The molecule has 0 fully saturated rings. The van der Waals surface area contributed by atoms with Gasteiger partial charge in [0, 0.05) is 21.8 Å². The average Bonchev–Trinajstić information content (AvgIpc) is 3.22. The van der Waals surface area contributed by atoms with Crippen LogP contribution in [0.2, 0.25) is 5.02 Å². The number of thioether (sulfide) groups is 1. The van der Waals surface area contributed by atoms with Crippen LogP contribution < -0.4 is 5.32 Å². The Morgan fingerprint density at radius 3 is 2.92 bits per heavy atom. The van der Waals surface area contributed by atoms with Crippen molar-refractivity contribution in [1.29, 1.82) is 0 Å². The second kappa shape index (κ2) is 7.94. The van der Waals surface area contributed by atoms with E-state index >= 15 is 0 Å². The minimum Gasteiger partial charge on any atom is -0.355 e. The summed E-state index contributed by atoms with van der Waals surface area (Å²) in [5, 5.41) is 5.81. The number of thiophene rings is 1. The molecule has 4 nitrogen and oxygen atoms in total. The van der Waals surface area contributed by atoms with Crippen LogP contribution >= 0.6 is 34.7 Å². The highest BCUT2D eigenvalue weighted by Gasteiger charge is 2.21. The second-order valence-electron chi connectivity index (χ2n) is 6.23. The van der Waals surface area contributed by atoms with E-state index in [0.717, 1.165) is 39.7 Å². The highest BCUT2D eigenvalue weighted by Crippen LogP contribution is 2.39. The van der Waals surface area contributed by atoms with E-state index in [0.29, 0.717) is 12.3 Å². The SMILES string of the molecule is O=C(CSc1ncnc2sc3c(c12)CCC3)NCCc1ccc(Cl)cc1. The number of halogens is 1. The Bertz CT molecular complexity index is 940. The van der Waals surface area contributed by atoms with Gasteiger partial charge in [0.15, 0.2) is 0 Å². The van der Waals surface area contributed by atoms with Crippen LogP contribution in [0.25, 0.3) is 10.2 Å². The molecule has 2 heterocycles. The lowest BCUT2D eigenvalue weighted by Gasteiger charge is -2.06. The highest BCUT2D eigenvalue weighted by atomic mass is 35.5. The largest absolute Gasteiger partial charge is 0.355 e. The van der Waals surface area contributed by atoms with Gasteiger partial charge in [-0.1, -0.05) is 35.5 Å². The van der Waals surface area contributed by atoms with Gasteiger partial charge in [-0.05, 0) is 48.9 Å². The Labute approximate surface area is 165 Å². The van der Waals surface area contributed by atoms with Gasteiger partial charge in [0.2, 0.25) is 5.91 Å². The summed E-state index contributed by atoms with van der Waals surface area (Å²) in [5.74, 6) is 0.403. The first-order chi connectivity index (χ1) is 12.7. The molecule has 1 aromatic carbocycles. The van der Waals surface area contributed by atoms with E-state index in [1.54, 1.807) is 17.7 Å². The summed E-state index contributed by atoms with van der Waals surface area (Å²) in [6, 6.07) is 7.71. The molecule has 1 aliphatic carbocycles. The van der Waals surface area contributed by atoms with Crippen LogP contribution in [0.4, 0.5) is 0 Å². The molecular weight excluding hydrogens is 386 g/mol. The monoisotopic (exact) mass is 403 g/mol. The molecule has 3 aromatic rings. The summed E-state index contributed by atoms with van der Waals surface area (Å²) < 4.78 is 0. The lowest BCUT2D eigenvalue weighted by molar-refractivity contribution is -0.118. The summed E-state index contributed by atoms with van der Waals surface area (Å²) in [7, 11) is 0. The molecule has 7 heteroatoms. The number of hydrogen-bond donors (Lipinski definition) is 1. The second-order valence-corrected chi connectivity index (χ2v) is 8.72. The third-order valence-corrected chi connectivity index (χ3v) is 6.90. The summed E-state index contributed by atoms with van der Waals surface area (Å²) in [4.78, 5) is 23.5. The van der Waals surface area contributed by atoms with Gasteiger partial charge >= 0.3 is 0 Å². The van der Waals surface area contributed by atoms with Crippen molar-refractivity contribution in [3.8, 4) is 0 Å². The van der Waals surface area contributed by atoms with Gasteiger partial charge in [0.05, 0.1) is 5.75 Å². The zero-order chi connectivity index (χ0) is 17.9. The number of hydrogen-bond acceptors (Lipinski definition) is 5. The molecule has 134 valence electrons. The van der Waals surface area contributed by atoms with E-state index < -0.39 is 0 Å². The molecule has 1 aliphatic rings. The average molecular weight is 404 g/mol. The quantitative estimate of drug-likeness (QED) is 0.493. The molecule has 0 saturated heterocycles. The van der Waals surface area contributed by atoms with Crippen LogP contribution in [0.3, 0.4) is 0 Å². The maximum Gasteiger partial charge on any atom is 0.230 e. The first-order valence-electron chi connectivity index (χ1n) is 8.60. The van der Waals surface area contributed by atoms with Crippen molar-refractivity contribution in [2.75, 3.05) is 12.3 Å². The Hall–Kier alpha value is -1.63. The lowest BCUT2D eigenvalue weighted by atomic mass is 10.1. The Morgan fingerprint density at radius 2 is 2.08 bits per heavy atom. The fourth-order valence-electron chi connectivity index (χ4n) is 3.19. The van der Waals surface area contributed by atoms with Crippen LogP contribution in [-0.4, -0.2) is 28.2 Å². The van der Waals surface area contributed by atoms with Crippen LogP contribution in [0.1, 0.15) is 22.4 Å². The van der Waals surface area contributed by atoms with E-state index in [-0.39, 0.29) is 5.91 Å². The fraction of sp³-hybridized carbons (Fsp3) is 0.316. The maximum absolute atomic E-state index is 12.2. The zero-order valence-corrected chi connectivity index (χ0v) is 16.5. The van der Waals surface area contributed by atoms with Gasteiger partial charge in [-0.2, -0.15) is 0 Å². The van der Waals surface area contributed by atoms with E-state index in [4.69, 9.17) is 11.6 Å². The molecule has 26 heavy (non-hydrogen) atoms. The molecular formula is C19H18ClN3OS2. The zero-order valence-electron chi connectivity index (χ0n) is 14.1. The fourth-order valence-corrected chi connectivity index (χ4v) is 5.47. The number of carbonyl (C=O) groups is 1. The van der Waals surface area contributed by atoms with E-state index in [1.165, 1.54) is 34.0 Å². The van der Waals surface area contributed by atoms with Crippen molar-refractivity contribution in [3.63, 3.8) is 0 Å². The molecule has 0 atom stereocenters. The van der Waals surface area contributed by atoms with E-state index in [1.807, 2.05) is 24.3 Å². The highest BCUT2D eigenvalue weighted by molar-refractivity contribution is 8.00. The Morgan fingerprint density at radius 1 is 1.23 bits per heavy atom. The lowest BCUT2D eigenvalue weighted by Crippen LogP contribution is -2.27. The van der Waals surface area contributed by atoms with Crippen LogP contribution in [0.5, 0.6) is 0 Å². The van der Waals surface area contributed by atoms with Crippen molar-refractivity contribution in [2.24, 2.45) is 0 Å². The van der Waals surface area contributed by atoms with Crippen molar-refractivity contribution < 1.29 is 4.79 Å². The minimum atomic E-state index is 0.0302. The molecule has 2 aromatic heterocycles. The van der Waals surface area contributed by atoms with Gasteiger partial charge in [-0.3, -0.25) is 4.79 Å². The molecule has 0 bridgehead atoms. The van der Waals surface area contributed by atoms with Crippen molar-refractivity contribution >= 4 is 50.8 Å². The maximum atomic E-state index is 12.2. The molecule has 4 rings (SSSR count). The number of aromatic nitrogens is 2. The topological polar surface area (TPSA) is 54.9 Å². The molecule has 1 amide bonds. The summed E-state index contributed by atoms with van der Waals surface area (Å²) in [6.07, 6.45) is 5.86.